The van der Waals surface area contributed by atoms with E-state index in [4.69, 9.17) is 11.6 Å². The molecule has 1 unspecified atom stereocenters. The Hall–Kier alpha value is -1.10. The molecule has 1 aliphatic heterocycles. The summed E-state index contributed by atoms with van der Waals surface area (Å²) in [6, 6.07) is 0. The van der Waals surface area contributed by atoms with Gasteiger partial charge in [0, 0.05) is 20.1 Å². The second kappa shape index (κ2) is 5.49. The number of nitrogens with zero attached hydrogens (tertiary/aromatic N) is 4. The van der Waals surface area contributed by atoms with Gasteiger partial charge in [-0.05, 0) is 30.4 Å². The summed E-state index contributed by atoms with van der Waals surface area (Å²) in [7, 11) is 1.78. The molecule has 6 heteroatoms. The zero-order valence-corrected chi connectivity index (χ0v) is 11.0. The van der Waals surface area contributed by atoms with Crippen molar-refractivity contribution in [3.8, 4) is 0 Å². The highest BCUT2D eigenvalue weighted by molar-refractivity contribution is 6.28. The van der Waals surface area contributed by atoms with E-state index in [0.717, 1.165) is 19.0 Å². The van der Waals surface area contributed by atoms with Gasteiger partial charge in [0.2, 0.25) is 17.2 Å². The van der Waals surface area contributed by atoms with Crippen molar-refractivity contribution in [1.29, 1.82) is 0 Å². The second-order valence-electron chi connectivity index (χ2n) is 4.37. The maximum atomic E-state index is 5.88. The van der Waals surface area contributed by atoms with Gasteiger partial charge in [-0.25, -0.2) is 0 Å². The van der Waals surface area contributed by atoms with E-state index in [1.165, 1.54) is 19.3 Å². The molecule has 0 aliphatic carbocycles. The lowest BCUT2D eigenvalue weighted by Crippen LogP contribution is -2.22. The molecule has 0 aromatic carbocycles. The maximum Gasteiger partial charge on any atom is 0.231 e. The fraction of sp³-hybridized carbons (Fsp3) is 0.727. The van der Waals surface area contributed by atoms with Crippen molar-refractivity contribution >= 4 is 23.5 Å². The molecule has 1 aliphatic rings. The molecule has 0 saturated carbocycles. The number of hydrogen-bond donors (Lipinski definition) is 1. The van der Waals surface area contributed by atoms with Gasteiger partial charge in [-0.2, -0.15) is 15.0 Å². The van der Waals surface area contributed by atoms with Crippen molar-refractivity contribution in [3.05, 3.63) is 5.28 Å². The van der Waals surface area contributed by atoms with Crippen molar-refractivity contribution in [3.63, 3.8) is 0 Å². The van der Waals surface area contributed by atoms with Crippen LogP contribution in [0.3, 0.4) is 0 Å². The minimum absolute atomic E-state index is 0.248. The largest absolute Gasteiger partial charge is 0.357 e. The van der Waals surface area contributed by atoms with E-state index in [-0.39, 0.29) is 5.28 Å². The Bertz CT molecular complexity index is 384. The van der Waals surface area contributed by atoms with Crippen molar-refractivity contribution < 1.29 is 0 Å². The highest BCUT2D eigenvalue weighted by Crippen LogP contribution is 2.25. The fourth-order valence-corrected chi connectivity index (χ4v) is 2.41. The molecule has 0 amide bonds. The molecule has 0 radical (unpaired) electrons. The topological polar surface area (TPSA) is 53.9 Å². The number of aromatic nitrogens is 3. The summed E-state index contributed by atoms with van der Waals surface area (Å²) in [5.74, 6) is 1.97. The number of anilines is 2. The van der Waals surface area contributed by atoms with Gasteiger partial charge in [-0.15, -0.1) is 0 Å². The third-order valence-electron chi connectivity index (χ3n) is 3.09. The third-order valence-corrected chi connectivity index (χ3v) is 3.25. The van der Waals surface area contributed by atoms with Crippen molar-refractivity contribution in [2.24, 2.45) is 5.92 Å². The smallest absolute Gasteiger partial charge is 0.231 e. The Morgan fingerprint density at radius 3 is 2.94 bits per heavy atom. The molecule has 1 aromatic rings. The molecule has 1 atom stereocenters. The van der Waals surface area contributed by atoms with E-state index in [1.807, 2.05) is 0 Å². The first-order chi connectivity index (χ1) is 8.22. The standard InChI is InChI=1S/C11H18ClN5/c1-3-4-8-5-6-17(7-8)11-15-9(12)14-10(13-2)16-11/h8H,3-7H2,1-2H3,(H,13,14,15,16). The molecular weight excluding hydrogens is 238 g/mol. The van der Waals surface area contributed by atoms with E-state index in [9.17, 15) is 0 Å². The lowest BCUT2D eigenvalue weighted by molar-refractivity contribution is 0.529. The molecule has 0 spiro atoms. The van der Waals surface area contributed by atoms with Crippen molar-refractivity contribution in [2.45, 2.75) is 26.2 Å². The summed E-state index contributed by atoms with van der Waals surface area (Å²) in [6.07, 6.45) is 3.72. The van der Waals surface area contributed by atoms with Gasteiger partial charge in [0.15, 0.2) is 0 Å². The van der Waals surface area contributed by atoms with Crippen molar-refractivity contribution in [1.82, 2.24) is 15.0 Å². The summed E-state index contributed by atoms with van der Waals surface area (Å²) in [6.45, 7) is 4.26. The lowest BCUT2D eigenvalue weighted by atomic mass is 10.0. The van der Waals surface area contributed by atoms with E-state index in [0.29, 0.717) is 11.9 Å². The molecule has 94 valence electrons. The first-order valence-corrected chi connectivity index (χ1v) is 6.45. The van der Waals surface area contributed by atoms with Gasteiger partial charge in [0.05, 0.1) is 0 Å². The van der Waals surface area contributed by atoms with Gasteiger partial charge in [-0.1, -0.05) is 13.3 Å². The zero-order chi connectivity index (χ0) is 12.3. The number of halogens is 1. The van der Waals surface area contributed by atoms with Crippen LogP contribution in [0.15, 0.2) is 0 Å². The molecule has 2 heterocycles. The van der Waals surface area contributed by atoms with E-state index in [2.05, 4.69) is 32.1 Å². The number of hydrogen-bond acceptors (Lipinski definition) is 5. The van der Waals surface area contributed by atoms with E-state index < -0.39 is 0 Å². The quantitative estimate of drug-likeness (QED) is 0.894. The minimum atomic E-state index is 0.248. The first-order valence-electron chi connectivity index (χ1n) is 6.07. The SMILES string of the molecule is CCCC1CCN(c2nc(Cl)nc(NC)n2)C1. The van der Waals surface area contributed by atoms with Gasteiger partial charge < -0.3 is 10.2 Å². The number of rotatable bonds is 4. The van der Waals surface area contributed by atoms with E-state index in [1.54, 1.807) is 7.05 Å². The van der Waals surface area contributed by atoms with Gasteiger partial charge in [-0.3, -0.25) is 0 Å². The van der Waals surface area contributed by atoms with Crippen LogP contribution >= 0.6 is 11.6 Å². The van der Waals surface area contributed by atoms with Gasteiger partial charge >= 0.3 is 0 Å². The molecular formula is C11H18ClN5. The number of nitrogens with one attached hydrogen (secondary N) is 1. The van der Waals surface area contributed by atoms with E-state index >= 15 is 0 Å². The minimum Gasteiger partial charge on any atom is -0.357 e. The predicted molar refractivity (Wildman–Crippen MR) is 69.6 cm³/mol. The molecule has 1 N–H and O–H groups in total. The summed E-state index contributed by atoms with van der Waals surface area (Å²) in [5.41, 5.74) is 0. The fourth-order valence-electron chi connectivity index (χ4n) is 2.25. The molecule has 1 aromatic heterocycles. The van der Waals surface area contributed by atoms with Crippen LogP contribution < -0.4 is 10.2 Å². The van der Waals surface area contributed by atoms with Crippen LogP contribution in [0, 0.1) is 5.92 Å². The molecule has 1 fully saturated rings. The Morgan fingerprint density at radius 2 is 2.24 bits per heavy atom. The lowest BCUT2D eigenvalue weighted by Gasteiger charge is -2.16. The third kappa shape index (κ3) is 2.97. The van der Waals surface area contributed by atoms with Crippen molar-refractivity contribution in [2.75, 3.05) is 30.4 Å². The Kier molecular flexibility index (Phi) is 3.99. The Morgan fingerprint density at radius 1 is 1.41 bits per heavy atom. The summed E-state index contributed by atoms with van der Waals surface area (Å²) in [4.78, 5) is 14.7. The first kappa shape index (κ1) is 12.4. The van der Waals surface area contributed by atoms with Crippen LogP contribution in [-0.2, 0) is 0 Å². The summed E-state index contributed by atoms with van der Waals surface area (Å²) < 4.78 is 0. The average molecular weight is 256 g/mol. The van der Waals surface area contributed by atoms with Crippen LogP contribution in [0.1, 0.15) is 26.2 Å². The maximum absolute atomic E-state index is 5.88. The van der Waals surface area contributed by atoms with Crippen LogP contribution in [-0.4, -0.2) is 35.1 Å². The molecule has 0 bridgehead atoms. The molecule has 17 heavy (non-hydrogen) atoms. The Labute approximate surface area is 107 Å². The summed E-state index contributed by atoms with van der Waals surface area (Å²) >= 11 is 5.88. The Balaban J connectivity index is 2.10. The highest BCUT2D eigenvalue weighted by Gasteiger charge is 2.24. The average Bonchev–Trinajstić information content (AvgIpc) is 2.77. The van der Waals surface area contributed by atoms with Gasteiger partial charge in [0.1, 0.15) is 0 Å². The predicted octanol–water partition coefficient (Wildman–Crippen LogP) is 2.19. The van der Waals surface area contributed by atoms with Crippen LogP contribution in [0.25, 0.3) is 0 Å². The van der Waals surface area contributed by atoms with Crippen LogP contribution in [0.2, 0.25) is 5.28 Å². The molecule has 1 saturated heterocycles. The zero-order valence-electron chi connectivity index (χ0n) is 10.3. The van der Waals surface area contributed by atoms with Crippen LogP contribution in [0.5, 0.6) is 0 Å². The summed E-state index contributed by atoms with van der Waals surface area (Å²) in [5, 5.41) is 3.14. The van der Waals surface area contributed by atoms with Crippen LogP contribution in [0.4, 0.5) is 11.9 Å². The second-order valence-corrected chi connectivity index (χ2v) is 4.71. The molecule has 5 nitrogen and oxygen atoms in total. The monoisotopic (exact) mass is 255 g/mol. The molecule has 2 rings (SSSR count). The van der Waals surface area contributed by atoms with Gasteiger partial charge in [0.25, 0.3) is 0 Å². The highest BCUT2D eigenvalue weighted by atomic mass is 35.5. The normalized spacial score (nSPS) is 19.7.